The monoisotopic (exact) mass is 312 g/mol. The van der Waals surface area contributed by atoms with Crippen LogP contribution in [0.15, 0.2) is 54.7 Å². The molecule has 2 aromatic rings. The zero-order valence-electron chi connectivity index (χ0n) is 12.5. The summed E-state index contributed by atoms with van der Waals surface area (Å²) in [6, 6.07) is 16.2. The molecule has 0 atom stereocenters. The minimum atomic E-state index is 0. The fourth-order valence-corrected chi connectivity index (χ4v) is 2.45. The lowest BCUT2D eigenvalue weighted by Crippen LogP contribution is -3.00. The predicted molar refractivity (Wildman–Crippen MR) is 86.2 cm³/mol. The lowest BCUT2D eigenvalue weighted by atomic mass is 10.2. The molecule has 1 aromatic heterocycles. The van der Waals surface area contributed by atoms with Crippen LogP contribution in [0.2, 0.25) is 0 Å². The van der Waals surface area contributed by atoms with E-state index in [-0.39, 0.29) is 12.4 Å². The summed E-state index contributed by atoms with van der Waals surface area (Å²) in [5.41, 5.74) is 1.09. The highest BCUT2D eigenvalue weighted by molar-refractivity contribution is 5.38. The van der Waals surface area contributed by atoms with Gasteiger partial charge in [0.2, 0.25) is 0 Å². The van der Waals surface area contributed by atoms with E-state index in [1.54, 1.807) is 0 Å². The van der Waals surface area contributed by atoms with E-state index in [0.29, 0.717) is 0 Å². The number of halogens is 1. The first-order valence-corrected chi connectivity index (χ1v) is 7.34. The van der Waals surface area contributed by atoms with Crippen molar-refractivity contribution in [1.82, 2.24) is 9.88 Å². The summed E-state index contributed by atoms with van der Waals surface area (Å²) < 4.78 is 0. The normalized spacial score (nSPS) is 14.6. The molecule has 1 aliphatic rings. The van der Waals surface area contributed by atoms with Crippen LogP contribution in [0.25, 0.3) is 0 Å². The fraction of sp³-hybridized carbons (Fsp3) is 0.278. The number of hydrogen-bond donors (Lipinski definition) is 0. The Bertz CT molecular complexity index is 611. The number of nitrogens with zero attached hydrogens (tertiary/aromatic N) is 3. The molecule has 0 N–H and O–H groups in total. The summed E-state index contributed by atoms with van der Waals surface area (Å²) in [6.07, 6.45) is 1.85. The minimum Gasteiger partial charge on any atom is -1.00 e. The number of pyridine rings is 1. The van der Waals surface area contributed by atoms with Gasteiger partial charge in [-0.3, -0.25) is 4.90 Å². The molecule has 2 heterocycles. The van der Waals surface area contributed by atoms with Gasteiger partial charge in [0.05, 0.1) is 6.54 Å². The van der Waals surface area contributed by atoms with Crippen molar-refractivity contribution in [2.45, 2.75) is 0 Å². The molecule has 0 unspecified atom stereocenters. The number of aromatic nitrogens is 1. The average molecular weight is 313 g/mol. The highest BCUT2D eigenvalue weighted by Crippen LogP contribution is 2.11. The number of piperazine rings is 1. The standard InChI is InChI=1S/C18H19N3.ClH/c1-2-7-17(8-3-1)9-6-12-20-13-15-21(16-14-20)18-10-4-5-11-19-18;/h1-5,7-8,10-11H,12-16H2;1H/p-1. The number of benzene rings is 1. The van der Waals surface area contributed by atoms with E-state index >= 15 is 0 Å². The molecule has 0 spiro atoms. The van der Waals surface area contributed by atoms with Gasteiger partial charge in [-0.2, -0.15) is 0 Å². The first kappa shape index (κ1) is 16.4. The molecule has 1 saturated heterocycles. The van der Waals surface area contributed by atoms with E-state index in [2.05, 4.69) is 32.7 Å². The molecular formula is C18H19ClN3-. The van der Waals surface area contributed by atoms with E-state index in [9.17, 15) is 0 Å². The van der Waals surface area contributed by atoms with Crippen LogP contribution in [0.3, 0.4) is 0 Å². The van der Waals surface area contributed by atoms with Crippen LogP contribution in [0.4, 0.5) is 5.82 Å². The van der Waals surface area contributed by atoms with Gasteiger partial charge in [-0.25, -0.2) is 4.98 Å². The van der Waals surface area contributed by atoms with Gasteiger partial charge in [-0.15, -0.1) is 0 Å². The fourth-order valence-electron chi connectivity index (χ4n) is 2.45. The van der Waals surface area contributed by atoms with E-state index in [1.165, 1.54) is 0 Å². The van der Waals surface area contributed by atoms with Gasteiger partial charge in [0.1, 0.15) is 5.82 Å². The summed E-state index contributed by atoms with van der Waals surface area (Å²) in [6.45, 7) is 4.96. The van der Waals surface area contributed by atoms with Crippen molar-refractivity contribution < 1.29 is 12.4 Å². The molecule has 1 aromatic carbocycles. The van der Waals surface area contributed by atoms with E-state index in [1.807, 2.05) is 48.7 Å². The molecule has 1 aliphatic heterocycles. The zero-order valence-corrected chi connectivity index (χ0v) is 13.2. The van der Waals surface area contributed by atoms with Gasteiger partial charge in [0.25, 0.3) is 0 Å². The Balaban J connectivity index is 0.00000176. The van der Waals surface area contributed by atoms with Crippen molar-refractivity contribution in [2.75, 3.05) is 37.6 Å². The minimum absolute atomic E-state index is 0. The Hall–Kier alpha value is -2.02. The maximum atomic E-state index is 4.41. The SMILES string of the molecule is C(#Cc1ccccc1)CN1CCN(c2ccccn2)CC1.[Cl-]. The molecule has 0 saturated carbocycles. The Morgan fingerprint density at radius 2 is 1.64 bits per heavy atom. The predicted octanol–water partition coefficient (Wildman–Crippen LogP) is -0.741. The van der Waals surface area contributed by atoms with Crippen molar-refractivity contribution in [1.29, 1.82) is 0 Å². The summed E-state index contributed by atoms with van der Waals surface area (Å²) in [5, 5.41) is 0. The maximum absolute atomic E-state index is 4.41. The van der Waals surface area contributed by atoms with Gasteiger partial charge < -0.3 is 17.3 Å². The molecule has 0 amide bonds. The maximum Gasteiger partial charge on any atom is 0.128 e. The largest absolute Gasteiger partial charge is 1.00 e. The second-order valence-electron chi connectivity index (χ2n) is 5.12. The lowest BCUT2D eigenvalue weighted by Gasteiger charge is -2.34. The van der Waals surface area contributed by atoms with Crippen LogP contribution in [-0.4, -0.2) is 42.6 Å². The van der Waals surface area contributed by atoms with Crippen molar-refractivity contribution in [3.8, 4) is 11.8 Å². The smallest absolute Gasteiger partial charge is 0.128 e. The van der Waals surface area contributed by atoms with Gasteiger partial charge in [0.15, 0.2) is 0 Å². The second-order valence-corrected chi connectivity index (χ2v) is 5.12. The van der Waals surface area contributed by atoms with E-state index < -0.39 is 0 Å². The van der Waals surface area contributed by atoms with Crippen molar-refractivity contribution in [2.24, 2.45) is 0 Å². The Kier molecular flexibility index (Phi) is 6.27. The van der Waals surface area contributed by atoms with Crippen LogP contribution in [-0.2, 0) is 0 Å². The van der Waals surface area contributed by atoms with Crippen molar-refractivity contribution in [3.05, 3.63) is 60.3 Å². The first-order chi connectivity index (χ1) is 10.4. The number of anilines is 1. The third-order valence-corrected chi connectivity index (χ3v) is 3.65. The van der Waals surface area contributed by atoms with Gasteiger partial charge in [-0.05, 0) is 24.3 Å². The molecule has 114 valence electrons. The number of rotatable bonds is 2. The third kappa shape index (κ3) is 4.49. The molecule has 3 rings (SSSR count). The lowest BCUT2D eigenvalue weighted by molar-refractivity contribution is -0.00000422. The second kappa shape index (κ2) is 8.43. The van der Waals surface area contributed by atoms with Crippen LogP contribution in [0.1, 0.15) is 5.56 Å². The van der Waals surface area contributed by atoms with Crippen LogP contribution in [0.5, 0.6) is 0 Å². The molecule has 4 heteroatoms. The molecular weight excluding hydrogens is 294 g/mol. The van der Waals surface area contributed by atoms with Crippen molar-refractivity contribution >= 4 is 5.82 Å². The number of hydrogen-bond acceptors (Lipinski definition) is 3. The first-order valence-electron chi connectivity index (χ1n) is 7.34. The molecule has 0 aliphatic carbocycles. The summed E-state index contributed by atoms with van der Waals surface area (Å²) in [7, 11) is 0. The summed E-state index contributed by atoms with van der Waals surface area (Å²) in [5.74, 6) is 7.56. The van der Waals surface area contributed by atoms with Gasteiger partial charge in [-0.1, -0.05) is 36.1 Å². The quantitative estimate of drug-likeness (QED) is 0.681. The van der Waals surface area contributed by atoms with Crippen LogP contribution >= 0.6 is 0 Å². The summed E-state index contributed by atoms with van der Waals surface area (Å²) >= 11 is 0. The average Bonchev–Trinajstić information content (AvgIpc) is 2.57. The Morgan fingerprint density at radius 3 is 2.32 bits per heavy atom. The summed E-state index contributed by atoms with van der Waals surface area (Å²) in [4.78, 5) is 9.14. The van der Waals surface area contributed by atoms with E-state index in [0.717, 1.165) is 44.1 Å². The Morgan fingerprint density at radius 1 is 0.909 bits per heavy atom. The molecule has 0 bridgehead atoms. The molecule has 22 heavy (non-hydrogen) atoms. The van der Waals surface area contributed by atoms with Crippen molar-refractivity contribution in [3.63, 3.8) is 0 Å². The zero-order chi connectivity index (χ0) is 14.3. The van der Waals surface area contributed by atoms with Crippen LogP contribution in [0, 0.1) is 11.8 Å². The van der Waals surface area contributed by atoms with E-state index in [4.69, 9.17) is 0 Å². The topological polar surface area (TPSA) is 19.4 Å². The van der Waals surface area contributed by atoms with Crippen LogP contribution < -0.4 is 17.3 Å². The molecule has 1 fully saturated rings. The highest BCUT2D eigenvalue weighted by atomic mass is 35.5. The Labute approximate surface area is 138 Å². The molecule has 0 radical (unpaired) electrons. The highest BCUT2D eigenvalue weighted by Gasteiger charge is 2.16. The van der Waals surface area contributed by atoms with Gasteiger partial charge in [0, 0.05) is 37.9 Å². The van der Waals surface area contributed by atoms with Gasteiger partial charge >= 0.3 is 0 Å². The molecule has 3 nitrogen and oxygen atoms in total. The third-order valence-electron chi connectivity index (χ3n) is 3.65.